The van der Waals surface area contributed by atoms with Crippen LogP contribution in [-0.4, -0.2) is 24.8 Å². The number of benzene rings is 1. The average Bonchev–Trinajstić information content (AvgIpc) is 2.38. The summed E-state index contributed by atoms with van der Waals surface area (Å²) in [6.45, 7) is 2.09. The molecule has 1 atom stereocenters. The number of hydrogen-bond donors (Lipinski definition) is 1. The summed E-state index contributed by atoms with van der Waals surface area (Å²) in [5.41, 5.74) is 2.21. The number of ether oxygens (including phenoxy) is 1. The number of unbranched alkanes of at least 4 members (excludes halogenated alkanes) is 1. The first-order chi connectivity index (χ1) is 8.19. The Kier molecular flexibility index (Phi) is 5.70. The number of rotatable bonds is 6. The predicted molar refractivity (Wildman–Crippen MR) is 66.9 cm³/mol. The number of esters is 1. The molecule has 0 spiro atoms. The molecule has 0 aliphatic rings. The maximum absolute atomic E-state index is 11.4. The molecule has 0 aromatic heterocycles. The highest BCUT2D eigenvalue weighted by Gasteiger charge is 2.14. The van der Waals surface area contributed by atoms with E-state index in [1.807, 2.05) is 31.2 Å². The van der Waals surface area contributed by atoms with Crippen LogP contribution in [0.25, 0.3) is 0 Å². The Hall–Kier alpha value is -1.35. The molecular formula is C14H20O3. The Labute approximate surface area is 102 Å². The maximum Gasteiger partial charge on any atom is 0.312 e. The Bertz CT molecular complexity index is 343. The lowest BCUT2D eigenvalue weighted by molar-refractivity contribution is -0.141. The highest BCUT2D eigenvalue weighted by atomic mass is 16.5. The van der Waals surface area contributed by atoms with Crippen molar-refractivity contribution >= 4 is 5.97 Å². The first-order valence-electron chi connectivity index (χ1n) is 5.96. The smallest absolute Gasteiger partial charge is 0.312 e. The highest BCUT2D eigenvalue weighted by Crippen LogP contribution is 2.17. The van der Waals surface area contributed by atoms with Crippen LogP contribution in [0.5, 0.6) is 0 Å². The third-order valence-corrected chi connectivity index (χ3v) is 2.91. The summed E-state index contributed by atoms with van der Waals surface area (Å²) in [7, 11) is 1.40. The minimum absolute atomic E-state index is 0.210. The third kappa shape index (κ3) is 4.19. The van der Waals surface area contributed by atoms with Gasteiger partial charge >= 0.3 is 5.97 Å². The van der Waals surface area contributed by atoms with Crippen molar-refractivity contribution in [2.24, 2.45) is 0 Å². The van der Waals surface area contributed by atoms with E-state index in [2.05, 4.69) is 0 Å². The lowest BCUT2D eigenvalue weighted by Gasteiger charge is -2.10. The lowest BCUT2D eigenvalue weighted by Crippen LogP contribution is -2.10. The summed E-state index contributed by atoms with van der Waals surface area (Å²) < 4.78 is 4.71. The highest BCUT2D eigenvalue weighted by molar-refractivity contribution is 5.77. The fraction of sp³-hybridized carbons (Fsp3) is 0.500. The van der Waals surface area contributed by atoms with Crippen molar-refractivity contribution in [3.8, 4) is 0 Å². The van der Waals surface area contributed by atoms with Gasteiger partial charge in [0.2, 0.25) is 0 Å². The molecule has 0 heterocycles. The van der Waals surface area contributed by atoms with Gasteiger partial charge in [0.25, 0.3) is 0 Å². The minimum Gasteiger partial charge on any atom is -0.469 e. The summed E-state index contributed by atoms with van der Waals surface area (Å²) in [6, 6.07) is 8.00. The van der Waals surface area contributed by atoms with Gasteiger partial charge in [-0.15, -0.1) is 0 Å². The van der Waals surface area contributed by atoms with Gasteiger partial charge in [-0.1, -0.05) is 24.3 Å². The van der Waals surface area contributed by atoms with Gasteiger partial charge in [-0.25, -0.2) is 0 Å². The SMILES string of the molecule is COC(=O)[C@@H](C)c1ccc(CCCCO)cc1. The van der Waals surface area contributed by atoms with Crippen LogP contribution in [0.15, 0.2) is 24.3 Å². The number of aliphatic hydroxyl groups is 1. The molecule has 0 fully saturated rings. The summed E-state index contributed by atoms with van der Waals surface area (Å²) in [4.78, 5) is 11.4. The zero-order valence-corrected chi connectivity index (χ0v) is 10.5. The molecule has 3 heteroatoms. The summed E-state index contributed by atoms with van der Waals surface area (Å²) in [5.74, 6) is -0.426. The molecule has 0 bridgehead atoms. The molecule has 1 rings (SSSR count). The number of aliphatic hydroxyl groups excluding tert-OH is 1. The second-order valence-electron chi connectivity index (χ2n) is 4.17. The Balaban J connectivity index is 2.58. The van der Waals surface area contributed by atoms with Crippen molar-refractivity contribution in [1.82, 2.24) is 0 Å². The van der Waals surface area contributed by atoms with Gasteiger partial charge < -0.3 is 9.84 Å². The Morgan fingerprint density at radius 2 is 1.94 bits per heavy atom. The largest absolute Gasteiger partial charge is 0.469 e. The first kappa shape index (κ1) is 13.7. The predicted octanol–water partition coefficient (Wildman–Crippen LogP) is 2.28. The summed E-state index contributed by atoms with van der Waals surface area (Å²) in [6.07, 6.45) is 2.79. The minimum atomic E-state index is -0.216. The average molecular weight is 236 g/mol. The number of carbonyl (C=O) groups is 1. The molecule has 0 amide bonds. The standard InChI is InChI=1S/C14H20O3/c1-11(14(16)17-2)13-8-6-12(7-9-13)5-3-4-10-15/h6-9,11,15H,3-5,10H2,1-2H3/t11-/m0/s1. The van der Waals surface area contributed by atoms with Crippen LogP contribution >= 0.6 is 0 Å². The van der Waals surface area contributed by atoms with E-state index >= 15 is 0 Å². The monoisotopic (exact) mass is 236 g/mol. The zero-order valence-electron chi connectivity index (χ0n) is 10.5. The van der Waals surface area contributed by atoms with Crippen molar-refractivity contribution in [3.05, 3.63) is 35.4 Å². The molecule has 17 heavy (non-hydrogen) atoms. The van der Waals surface area contributed by atoms with E-state index in [1.54, 1.807) is 0 Å². The van der Waals surface area contributed by atoms with Crippen molar-refractivity contribution in [1.29, 1.82) is 0 Å². The molecule has 0 aliphatic carbocycles. The molecule has 0 aliphatic heterocycles. The van der Waals surface area contributed by atoms with Crippen LogP contribution in [0.3, 0.4) is 0 Å². The topological polar surface area (TPSA) is 46.5 Å². The number of aryl methyl sites for hydroxylation is 1. The fourth-order valence-electron chi connectivity index (χ4n) is 1.73. The van der Waals surface area contributed by atoms with Crippen LogP contribution in [0, 0.1) is 0 Å². The van der Waals surface area contributed by atoms with E-state index in [0.29, 0.717) is 0 Å². The van der Waals surface area contributed by atoms with E-state index in [4.69, 9.17) is 9.84 Å². The van der Waals surface area contributed by atoms with Gasteiger partial charge in [0.05, 0.1) is 13.0 Å². The normalized spacial score (nSPS) is 12.2. The Morgan fingerprint density at radius 3 is 2.47 bits per heavy atom. The van der Waals surface area contributed by atoms with Crippen LogP contribution in [0.4, 0.5) is 0 Å². The third-order valence-electron chi connectivity index (χ3n) is 2.91. The zero-order chi connectivity index (χ0) is 12.7. The molecule has 0 radical (unpaired) electrons. The van der Waals surface area contributed by atoms with E-state index < -0.39 is 0 Å². The molecule has 1 aromatic rings. The molecular weight excluding hydrogens is 216 g/mol. The first-order valence-corrected chi connectivity index (χ1v) is 5.96. The van der Waals surface area contributed by atoms with E-state index in [0.717, 1.165) is 24.8 Å². The summed E-state index contributed by atoms with van der Waals surface area (Å²) >= 11 is 0. The molecule has 0 unspecified atom stereocenters. The van der Waals surface area contributed by atoms with Crippen molar-refractivity contribution in [2.75, 3.05) is 13.7 Å². The molecule has 0 saturated heterocycles. The van der Waals surface area contributed by atoms with Crippen molar-refractivity contribution in [2.45, 2.75) is 32.1 Å². The van der Waals surface area contributed by atoms with E-state index in [1.165, 1.54) is 12.7 Å². The van der Waals surface area contributed by atoms with E-state index in [-0.39, 0.29) is 18.5 Å². The number of hydrogen-bond acceptors (Lipinski definition) is 3. The Morgan fingerprint density at radius 1 is 1.29 bits per heavy atom. The van der Waals surface area contributed by atoms with Crippen molar-refractivity contribution < 1.29 is 14.6 Å². The quantitative estimate of drug-likeness (QED) is 0.609. The second kappa shape index (κ2) is 7.07. The van der Waals surface area contributed by atoms with Crippen LogP contribution in [0.2, 0.25) is 0 Å². The maximum atomic E-state index is 11.4. The van der Waals surface area contributed by atoms with Gasteiger partial charge in [-0.2, -0.15) is 0 Å². The van der Waals surface area contributed by atoms with Crippen molar-refractivity contribution in [3.63, 3.8) is 0 Å². The van der Waals surface area contributed by atoms with Crippen LogP contribution in [-0.2, 0) is 16.0 Å². The molecule has 3 nitrogen and oxygen atoms in total. The van der Waals surface area contributed by atoms with Gasteiger partial charge in [0.15, 0.2) is 0 Å². The molecule has 94 valence electrons. The number of methoxy groups -OCH3 is 1. The fourth-order valence-corrected chi connectivity index (χ4v) is 1.73. The lowest BCUT2D eigenvalue weighted by atomic mass is 9.98. The summed E-state index contributed by atoms with van der Waals surface area (Å²) in [5, 5.41) is 8.70. The van der Waals surface area contributed by atoms with Crippen LogP contribution in [0.1, 0.15) is 36.8 Å². The van der Waals surface area contributed by atoms with Gasteiger partial charge in [-0.05, 0) is 37.3 Å². The molecule has 1 aromatic carbocycles. The molecule has 0 saturated carbocycles. The van der Waals surface area contributed by atoms with E-state index in [9.17, 15) is 4.79 Å². The van der Waals surface area contributed by atoms with Crippen LogP contribution < -0.4 is 0 Å². The van der Waals surface area contributed by atoms with Gasteiger partial charge in [0, 0.05) is 6.61 Å². The van der Waals surface area contributed by atoms with Gasteiger partial charge in [0.1, 0.15) is 0 Å². The molecule has 1 N–H and O–H groups in total. The van der Waals surface area contributed by atoms with Gasteiger partial charge in [-0.3, -0.25) is 4.79 Å². The second-order valence-corrected chi connectivity index (χ2v) is 4.17. The number of carbonyl (C=O) groups excluding carboxylic acids is 1.